The van der Waals surface area contributed by atoms with Crippen LogP contribution in [0.2, 0.25) is 0 Å². The van der Waals surface area contributed by atoms with E-state index in [9.17, 15) is 9.59 Å². The molecule has 2 aromatic rings. The zero-order chi connectivity index (χ0) is 13.1. The number of nitrogens with zero attached hydrogens (tertiary/aromatic N) is 2. The van der Waals surface area contributed by atoms with Crippen molar-refractivity contribution in [2.24, 2.45) is 11.5 Å². The molecule has 0 bridgehead atoms. The lowest BCUT2D eigenvalue weighted by molar-refractivity contribution is -0.118. The number of primary amides is 2. The van der Waals surface area contributed by atoms with Gasteiger partial charge in [-0.15, -0.1) is 0 Å². The van der Waals surface area contributed by atoms with Gasteiger partial charge >= 0.3 is 0 Å². The molecule has 1 aromatic heterocycles. The van der Waals surface area contributed by atoms with E-state index in [2.05, 4.69) is 4.98 Å². The monoisotopic (exact) mass is 264 g/mol. The topological polar surface area (TPSA) is 104 Å². The molecule has 0 radical (unpaired) electrons. The van der Waals surface area contributed by atoms with E-state index in [1.54, 1.807) is 4.57 Å². The van der Waals surface area contributed by atoms with Gasteiger partial charge in [-0.05, 0) is 12.1 Å². The quantitative estimate of drug-likeness (QED) is 0.747. The summed E-state index contributed by atoms with van der Waals surface area (Å²) < 4.78 is 1.69. The highest BCUT2D eigenvalue weighted by atomic mass is 32.2. The van der Waals surface area contributed by atoms with Crippen molar-refractivity contribution >= 4 is 34.6 Å². The average Bonchev–Trinajstić information content (AvgIpc) is 2.64. The molecule has 2 rings (SSSR count). The Hall–Kier alpha value is -2.02. The first-order chi connectivity index (χ1) is 8.58. The normalized spacial score (nSPS) is 10.7. The van der Waals surface area contributed by atoms with Gasteiger partial charge < -0.3 is 16.0 Å². The number of aromatic nitrogens is 2. The lowest BCUT2D eigenvalue weighted by atomic mass is 10.3. The third-order valence-electron chi connectivity index (χ3n) is 2.28. The summed E-state index contributed by atoms with van der Waals surface area (Å²) in [7, 11) is 0. The highest BCUT2D eigenvalue weighted by Crippen LogP contribution is 2.23. The van der Waals surface area contributed by atoms with Crippen LogP contribution in [0.25, 0.3) is 11.0 Å². The predicted octanol–water partition coefficient (Wildman–Crippen LogP) is 0.0990. The largest absolute Gasteiger partial charge is 0.369 e. The van der Waals surface area contributed by atoms with Crippen molar-refractivity contribution < 1.29 is 9.59 Å². The Morgan fingerprint density at radius 1 is 1.22 bits per heavy atom. The first-order valence-corrected chi connectivity index (χ1v) is 6.21. The fraction of sp³-hybridized carbons (Fsp3) is 0.182. The summed E-state index contributed by atoms with van der Waals surface area (Å²) in [6.07, 6.45) is 0. The van der Waals surface area contributed by atoms with E-state index in [-0.39, 0.29) is 12.3 Å². The minimum atomic E-state index is -0.459. The maximum absolute atomic E-state index is 11.1. The molecule has 2 amide bonds. The van der Waals surface area contributed by atoms with Crippen LogP contribution in [0, 0.1) is 0 Å². The van der Waals surface area contributed by atoms with Crippen molar-refractivity contribution in [2.75, 3.05) is 5.75 Å². The van der Waals surface area contributed by atoms with Gasteiger partial charge in [0.05, 0.1) is 16.8 Å². The van der Waals surface area contributed by atoms with E-state index in [1.165, 1.54) is 11.8 Å². The van der Waals surface area contributed by atoms with Gasteiger partial charge in [-0.25, -0.2) is 4.98 Å². The molecule has 0 atom stereocenters. The van der Waals surface area contributed by atoms with Gasteiger partial charge in [-0.3, -0.25) is 9.59 Å². The Kier molecular flexibility index (Phi) is 3.52. The lowest BCUT2D eigenvalue weighted by Gasteiger charge is -2.05. The molecular weight excluding hydrogens is 252 g/mol. The highest BCUT2D eigenvalue weighted by molar-refractivity contribution is 7.99. The second-order valence-electron chi connectivity index (χ2n) is 3.69. The summed E-state index contributed by atoms with van der Waals surface area (Å²) in [5.74, 6) is -0.779. The Morgan fingerprint density at radius 3 is 2.61 bits per heavy atom. The van der Waals surface area contributed by atoms with Crippen LogP contribution in [0.1, 0.15) is 0 Å². The Balaban J connectivity index is 2.42. The van der Waals surface area contributed by atoms with Crippen LogP contribution in [-0.4, -0.2) is 27.1 Å². The standard InChI is InChI=1S/C11H12N4O2S/c12-9(16)5-15-8-4-2-1-3-7(8)14-11(15)18-6-10(13)17/h1-4H,5-6H2,(H2,12,16)(H2,13,17). The molecule has 4 N–H and O–H groups in total. The van der Waals surface area contributed by atoms with Gasteiger partial charge in [0.25, 0.3) is 0 Å². The van der Waals surface area contributed by atoms with Crippen LogP contribution < -0.4 is 11.5 Å². The van der Waals surface area contributed by atoms with Crippen LogP contribution in [0.15, 0.2) is 29.4 Å². The Bertz CT molecular complexity index is 608. The van der Waals surface area contributed by atoms with Crippen LogP contribution in [-0.2, 0) is 16.1 Å². The van der Waals surface area contributed by atoms with Crippen LogP contribution in [0.3, 0.4) is 0 Å². The maximum atomic E-state index is 11.1. The minimum absolute atomic E-state index is 0.0294. The number of imidazole rings is 1. The van der Waals surface area contributed by atoms with Gasteiger partial charge in [0, 0.05) is 0 Å². The molecule has 0 spiro atoms. The SMILES string of the molecule is NC(=O)CSc1nc2ccccc2n1CC(N)=O. The predicted molar refractivity (Wildman–Crippen MR) is 68.8 cm³/mol. The van der Waals surface area contributed by atoms with Crippen molar-refractivity contribution in [2.45, 2.75) is 11.7 Å². The van der Waals surface area contributed by atoms with Crippen LogP contribution >= 0.6 is 11.8 Å². The summed E-state index contributed by atoms with van der Waals surface area (Å²) >= 11 is 1.19. The second kappa shape index (κ2) is 5.09. The Morgan fingerprint density at radius 2 is 1.94 bits per heavy atom. The third-order valence-corrected chi connectivity index (χ3v) is 3.28. The summed E-state index contributed by atoms with van der Waals surface area (Å²) in [5, 5.41) is 0.564. The number of carbonyl (C=O) groups is 2. The summed E-state index contributed by atoms with van der Waals surface area (Å²) in [4.78, 5) is 26.2. The molecular formula is C11H12N4O2S. The average molecular weight is 264 g/mol. The molecule has 94 valence electrons. The number of thioether (sulfide) groups is 1. The summed E-state index contributed by atoms with van der Waals surface area (Å²) in [6.45, 7) is 0.0294. The first-order valence-electron chi connectivity index (χ1n) is 5.22. The molecule has 6 nitrogen and oxygen atoms in total. The number of nitrogens with two attached hydrogens (primary N) is 2. The molecule has 0 aliphatic carbocycles. The van der Waals surface area contributed by atoms with E-state index in [1.807, 2.05) is 24.3 Å². The van der Waals surface area contributed by atoms with Crippen molar-refractivity contribution in [3.05, 3.63) is 24.3 Å². The molecule has 0 saturated carbocycles. The number of hydrogen-bond donors (Lipinski definition) is 2. The number of benzene rings is 1. The van der Waals surface area contributed by atoms with E-state index in [4.69, 9.17) is 11.5 Å². The molecule has 0 unspecified atom stereocenters. The minimum Gasteiger partial charge on any atom is -0.369 e. The number of amides is 2. The Labute approximate surface area is 107 Å². The van der Waals surface area contributed by atoms with Crippen LogP contribution in [0.4, 0.5) is 0 Å². The lowest BCUT2D eigenvalue weighted by Crippen LogP contribution is -2.19. The fourth-order valence-corrected chi connectivity index (χ4v) is 2.36. The maximum Gasteiger partial charge on any atom is 0.237 e. The molecule has 0 fully saturated rings. The number of hydrogen-bond acceptors (Lipinski definition) is 4. The van der Waals surface area contributed by atoms with Gasteiger partial charge in [0.2, 0.25) is 11.8 Å². The van der Waals surface area contributed by atoms with Gasteiger partial charge in [-0.1, -0.05) is 23.9 Å². The van der Waals surface area contributed by atoms with Crippen molar-refractivity contribution in [3.63, 3.8) is 0 Å². The van der Waals surface area contributed by atoms with Crippen molar-refractivity contribution in [1.82, 2.24) is 9.55 Å². The van der Waals surface area contributed by atoms with Gasteiger partial charge in [0.1, 0.15) is 6.54 Å². The highest BCUT2D eigenvalue weighted by Gasteiger charge is 2.13. The van der Waals surface area contributed by atoms with Gasteiger partial charge in [-0.2, -0.15) is 0 Å². The molecule has 18 heavy (non-hydrogen) atoms. The first kappa shape index (κ1) is 12.4. The van der Waals surface area contributed by atoms with Crippen molar-refractivity contribution in [3.8, 4) is 0 Å². The van der Waals surface area contributed by atoms with E-state index < -0.39 is 11.8 Å². The third kappa shape index (κ3) is 2.62. The zero-order valence-corrected chi connectivity index (χ0v) is 10.3. The molecule has 1 aromatic carbocycles. The molecule has 0 saturated heterocycles. The van der Waals surface area contributed by atoms with E-state index >= 15 is 0 Å². The van der Waals surface area contributed by atoms with Crippen molar-refractivity contribution in [1.29, 1.82) is 0 Å². The fourth-order valence-electron chi connectivity index (χ4n) is 1.61. The summed E-state index contributed by atoms with van der Waals surface area (Å²) in [5.41, 5.74) is 11.9. The number of carbonyl (C=O) groups excluding carboxylic acids is 2. The van der Waals surface area contributed by atoms with Gasteiger partial charge in [0.15, 0.2) is 5.16 Å². The zero-order valence-electron chi connectivity index (χ0n) is 9.50. The van der Waals surface area contributed by atoms with E-state index in [0.29, 0.717) is 5.16 Å². The molecule has 7 heteroatoms. The van der Waals surface area contributed by atoms with E-state index in [0.717, 1.165) is 11.0 Å². The number of rotatable bonds is 5. The molecule has 0 aliphatic rings. The summed E-state index contributed by atoms with van der Waals surface area (Å²) in [6, 6.07) is 7.39. The second-order valence-corrected chi connectivity index (χ2v) is 4.63. The molecule has 1 heterocycles. The molecule has 0 aliphatic heterocycles. The number of para-hydroxylation sites is 2. The smallest absolute Gasteiger partial charge is 0.237 e. The van der Waals surface area contributed by atoms with Crippen LogP contribution in [0.5, 0.6) is 0 Å². The number of fused-ring (bicyclic) bond motifs is 1.